The Bertz CT molecular complexity index is 1550. The van der Waals surface area contributed by atoms with Gasteiger partial charge in [0.25, 0.3) is 5.91 Å². The molecule has 8 nitrogen and oxygen atoms in total. The quantitative estimate of drug-likeness (QED) is 0.261. The second-order valence-corrected chi connectivity index (χ2v) is 9.64. The lowest BCUT2D eigenvalue weighted by atomic mass is 10.2. The molecule has 172 valence electrons. The number of anilines is 1. The van der Waals surface area contributed by atoms with Crippen LogP contribution in [0.15, 0.2) is 42.6 Å². The van der Waals surface area contributed by atoms with E-state index in [1.165, 1.54) is 11.3 Å². The molecule has 12 heteroatoms. The smallest absolute Gasteiger partial charge is 0.278 e. The van der Waals surface area contributed by atoms with Crippen molar-refractivity contribution in [2.75, 3.05) is 19.5 Å². The molecule has 0 bridgehead atoms. The van der Waals surface area contributed by atoms with Gasteiger partial charge in [0, 0.05) is 23.7 Å². The molecule has 0 fully saturated rings. The minimum Gasteiger partial charge on any atom is -0.493 e. The third kappa shape index (κ3) is 4.21. The maximum atomic E-state index is 12.5. The van der Waals surface area contributed by atoms with Gasteiger partial charge in [-0.15, -0.1) is 0 Å². The van der Waals surface area contributed by atoms with Gasteiger partial charge in [0.2, 0.25) is 0 Å². The Morgan fingerprint density at radius 2 is 1.79 bits per heavy atom. The van der Waals surface area contributed by atoms with Crippen LogP contribution in [0.25, 0.3) is 21.1 Å². The van der Waals surface area contributed by atoms with Gasteiger partial charge in [0.1, 0.15) is 20.9 Å². The normalized spacial score (nSPS) is 11.1. The molecule has 5 aromatic rings. The van der Waals surface area contributed by atoms with E-state index in [4.69, 9.17) is 37.4 Å². The standard InChI is InChI=1S/C22H14Cl2N4O4S2/c1-30-15-8-11-13(9-16(15)31-2)25-6-5-14(11)32-10-3-4-12-17(7-10)33-22(26-12)27-21(29)19-18(23)20(24)34-28-19/h3-9H,1-2H3,(H,26,27,29). The number of nitrogens with one attached hydrogen (secondary N) is 1. The van der Waals surface area contributed by atoms with E-state index in [1.807, 2.05) is 18.2 Å². The maximum Gasteiger partial charge on any atom is 0.278 e. The minimum absolute atomic E-state index is 0.0663. The summed E-state index contributed by atoms with van der Waals surface area (Å²) in [6.45, 7) is 0. The van der Waals surface area contributed by atoms with Crippen LogP contribution in [0.2, 0.25) is 9.36 Å². The zero-order valence-electron chi connectivity index (χ0n) is 17.6. The SMILES string of the molecule is COc1cc2nccc(Oc3ccc4nc(NC(=O)c5nsc(Cl)c5Cl)sc4c3)c2cc1OC. The van der Waals surface area contributed by atoms with E-state index in [0.717, 1.165) is 21.6 Å². The Kier molecular flexibility index (Phi) is 6.13. The van der Waals surface area contributed by atoms with Crippen LogP contribution < -0.4 is 19.5 Å². The van der Waals surface area contributed by atoms with Gasteiger partial charge in [-0.1, -0.05) is 34.5 Å². The number of fused-ring (bicyclic) bond motifs is 2. The molecule has 1 N–H and O–H groups in total. The van der Waals surface area contributed by atoms with E-state index in [-0.39, 0.29) is 15.1 Å². The van der Waals surface area contributed by atoms with Crippen LogP contribution in [0, 0.1) is 0 Å². The van der Waals surface area contributed by atoms with Crippen molar-refractivity contribution in [1.29, 1.82) is 0 Å². The molecule has 34 heavy (non-hydrogen) atoms. The average molecular weight is 533 g/mol. The zero-order chi connectivity index (χ0) is 23.8. The predicted octanol–water partition coefficient (Wildman–Crippen LogP) is 6.67. The molecule has 0 aliphatic carbocycles. The van der Waals surface area contributed by atoms with Crippen LogP contribution in [0.3, 0.4) is 0 Å². The van der Waals surface area contributed by atoms with E-state index in [0.29, 0.717) is 39.2 Å². The van der Waals surface area contributed by atoms with Gasteiger partial charge < -0.3 is 14.2 Å². The van der Waals surface area contributed by atoms with E-state index >= 15 is 0 Å². The van der Waals surface area contributed by atoms with Gasteiger partial charge in [-0.2, -0.15) is 4.37 Å². The van der Waals surface area contributed by atoms with Gasteiger partial charge in [-0.25, -0.2) is 4.98 Å². The number of thiazole rings is 1. The average Bonchev–Trinajstić information content (AvgIpc) is 3.39. The molecular weight excluding hydrogens is 519 g/mol. The second kappa shape index (κ2) is 9.22. The predicted molar refractivity (Wildman–Crippen MR) is 135 cm³/mol. The first kappa shape index (κ1) is 22.6. The van der Waals surface area contributed by atoms with Crippen LogP contribution in [-0.2, 0) is 0 Å². The van der Waals surface area contributed by atoms with Crippen LogP contribution in [0.1, 0.15) is 10.5 Å². The fourth-order valence-corrected chi connectivity index (χ4v) is 5.13. The fourth-order valence-electron chi connectivity index (χ4n) is 3.24. The lowest BCUT2D eigenvalue weighted by molar-refractivity contribution is 0.102. The number of aromatic nitrogens is 3. The number of hydrogen-bond donors (Lipinski definition) is 1. The topological polar surface area (TPSA) is 95.5 Å². The summed E-state index contributed by atoms with van der Waals surface area (Å²) in [6, 6.07) is 10.9. The van der Waals surface area contributed by atoms with E-state index in [1.54, 1.807) is 38.6 Å². The van der Waals surface area contributed by atoms with Crippen LogP contribution >= 0.6 is 46.1 Å². The number of carbonyl (C=O) groups is 1. The van der Waals surface area contributed by atoms with E-state index in [2.05, 4.69) is 19.7 Å². The molecule has 1 amide bonds. The molecule has 0 aliphatic heterocycles. The summed E-state index contributed by atoms with van der Waals surface area (Å²) in [7, 11) is 3.15. The molecule has 0 saturated heterocycles. The van der Waals surface area contributed by atoms with Gasteiger partial charge in [-0.3, -0.25) is 15.1 Å². The summed E-state index contributed by atoms with van der Waals surface area (Å²) in [6.07, 6.45) is 1.66. The maximum absolute atomic E-state index is 12.5. The number of benzene rings is 2. The van der Waals surface area contributed by atoms with Crippen molar-refractivity contribution in [1.82, 2.24) is 14.3 Å². The Hall–Kier alpha value is -3.18. The molecule has 5 rings (SSSR count). The van der Waals surface area contributed by atoms with Gasteiger partial charge in [0.05, 0.1) is 30.0 Å². The lowest BCUT2D eigenvalue weighted by Gasteiger charge is -2.12. The highest BCUT2D eigenvalue weighted by Gasteiger charge is 2.19. The first-order valence-corrected chi connectivity index (χ1v) is 12.0. The third-order valence-corrected chi connectivity index (χ3v) is 7.37. The lowest BCUT2D eigenvalue weighted by Crippen LogP contribution is -2.12. The molecule has 0 aliphatic rings. The van der Waals surface area contributed by atoms with Crippen LogP contribution in [0.5, 0.6) is 23.0 Å². The van der Waals surface area contributed by atoms with Crippen molar-refractivity contribution in [3.8, 4) is 23.0 Å². The number of pyridine rings is 1. The molecule has 3 aromatic heterocycles. The summed E-state index contributed by atoms with van der Waals surface area (Å²) in [4.78, 5) is 21.3. The molecule has 0 atom stereocenters. The summed E-state index contributed by atoms with van der Waals surface area (Å²) in [5.41, 5.74) is 1.48. The molecule has 0 spiro atoms. The van der Waals surface area contributed by atoms with Gasteiger partial charge in [-0.05, 0) is 35.8 Å². The number of ether oxygens (including phenoxy) is 3. The highest BCUT2D eigenvalue weighted by molar-refractivity contribution is 7.22. The number of halogens is 2. The highest BCUT2D eigenvalue weighted by Crippen LogP contribution is 2.38. The number of methoxy groups -OCH3 is 2. The minimum atomic E-state index is -0.476. The van der Waals surface area contributed by atoms with Gasteiger partial charge in [0.15, 0.2) is 22.3 Å². The highest BCUT2D eigenvalue weighted by atomic mass is 35.5. The number of nitrogens with zero attached hydrogens (tertiary/aromatic N) is 3. The molecule has 3 heterocycles. The number of amides is 1. The summed E-state index contributed by atoms with van der Waals surface area (Å²) in [5, 5.41) is 4.02. The zero-order valence-corrected chi connectivity index (χ0v) is 20.7. The third-order valence-electron chi connectivity index (χ3n) is 4.83. The molecule has 0 unspecified atom stereocenters. The van der Waals surface area contributed by atoms with E-state index < -0.39 is 5.91 Å². The van der Waals surface area contributed by atoms with Crippen LogP contribution in [-0.4, -0.2) is 34.5 Å². The van der Waals surface area contributed by atoms with Crippen LogP contribution in [0.4, 0.5) is 5.13 Å². The van der Waals surface area contributed by atoms with Crippen molar-refractivity contribution in [2.24, 2.45) is 0 Å². The van der Waals surface area contributed by atoms with Crippen molar-refractivity contribution in [2.45, 2.75) is 0 Å². The Labute approximate surface area is 211 Å². The first-order valence-electron chi connectivity index (χ1n) is 9.68. The molecular formula is C22H14Cl2N4O4S2. The summed E-state index contributed by atoms with van der Waals surface area (Å²) < 4.78 is 22.0. The monoisotopic (exact) mass is 532 g/mol. The number of hydrogen-bond acceptors (Lipinski definition) is 9. The van der Waals surface area contributed by atoms with Crippen molar-refractivity contribution in [3.05, 3.63) is 57.6 Å². The number of rotatable bonds is 6. The summed E-state index contributed by atoms with van der Waals surface area (Å²) >= 11 is 14.2. The second-order valence-electron chi connectivity index (χ2n) is 6.86. The Balaban J connectivity index is 1.42. The Morgan fingerprint density at radius 3 is 2.53 bits per heavy atom. The van der Waals surface area contributed by atoms with Crippen molar-refractivity contribution < 1.29 is 19.0 Å². The number of carbonyl (C=O) groups excluding carboxylic acids is 1. The molecule has 0 saturated carbocycles. The largest absolute Gasteiger partial charge is 0.493 e. The van der Waals surface area contributed by atoms with Gasteiger partial charge >= 0.3 is 0 Å². The van der Waals surface area contributed by atoms with Crippen molar-refractivity contribution in [3.63, 3.8) is 0 Å². The Morgan fingerprint density at radius 1 is 1.00 bits per heavy atom. The first-order chi connectivity index (χ1) is 16.5. The molecule has 0 radical (unpaired) electrons. The van der Waals surface area contributed by atoms with E-state index in [9.17, 15) is 4.79 Å². The fraction of sp³-hybridized carbons (Fsp3) is 0.0909. The summed E-state index contributed by atoms with van der Waals surface area (Å²) in [5.74, 6) is 1.90. The van der Waals surface area contributed by atoms with Crippen molar-refractivity contribution >= 4 is 78.2 Å². The molecule has 2 aromatic carbocycles.